The molecule has 0 spiro atoms. The van der Waals surface area contributed by atoms with Crippen molar-refractivity contribution in [3.8, 4) is 6.07 Å². The summed E-state index contributed by atoms with van der Waals surface area (Å²) in [5.74, 6) is 0.122. The molecule has 96 valence electrons. The highest BCUT2D eigenvalue weighted by Gasteiger charge is 2.20. The predicted octanol–water partition coefficient (Wildman–Crippen LogP) is 2.84. The van der Waals surface area contributed by atoms with E-state index >= 15 is 0 Å². The monoisotopic (exact) mass is 274 g/mol. The first-order valence-corrected chi connectivity index (χ1v) is 6.31. The number of hydrogen-bond donors (Lipinski definition) is 1. The van der Waals surface area contributed by atoms with Crippen LogP contribution in [0.4, 0.5) is 11.5 Å². The molecular weight excluding hydrogens is 264 g/mol. The van der Waals surface area contributed by atoms with Crippen LogP contribution >= 0.6 is 11.3 Å². The first-order valence-electron chi connectivity index (χ1n) is 5.44. The quantitative estimate of drug-likeness (QED) is 0.683. The van der Waals surface area contributed by atoms with Gasteiger partial charge in [-0.2, -0.15) is 5.26 Å². The molecule has 0 fully saturated rings. The lowest BCUT2D eigenvalue weighted by Gasteiger charge is -2.06. The Kier molecular flexibility index (Phi) is 3.73. The number of pyridine rings is 1. The average Bonchev–Trinajstić information content (AvgIpc) is 2.81. The van der Waals surface area contributed by atoms with Crippen LogP contribution in [0, 0.1) is 28.4 Å². The average molecular weight is 274 g/mol. The molecule has 0 bridgehead atoms. The van der Waals surface area contributed by atoms with Gasteiger partial charge in [0.05, 0.1) is 11.5 Å². The molecule has 2 aromatic rings. The fraction of sp³-hybridized carbons (Fsp3) is 0.167. The molecule has 0 aromatic carbocycles. The van der Waals surface area contributed by atoms with Gasteiger partial charge in [-0.05, 0) is 30.0 Å². The molecule has 2 heterocycles. The second-order valence-corrected chi connectivity index (χ2v) is 4.81. The summed E-state index contributed by atoms with van der Waals surface area (Å²) in [5.41, 5.74) is 0.848. The van der Waals surface area contributed by atoms with Gasteiger partial charge in [-0.1, -0.05) is 0 Å². The van der Waals surface area contributed by atoms with E-state index < -0.39 is 4.92 Å². The maximum absolute atomic E-state index is 11.0. The van der Waals surface area contributed by atoms with Gasteiger partial charge in [-0.25, -0.2) is 4.98 Å². The van der Waals surface area contributed by atoms with E-state index in [1.807, 2.05) is 18.4 Å². The van der Waals surface area contributed by atoms with Crippen LogP contribution in [0.1, 0.15) is 16.0 Å². The van der Waals surface area contributed by atoms with Crippen LogP contribution in [-0.2, 0) is 6.54 Å². The van der Waals surface area contributed by atoms with Crippen LogP contribution in [0.2, 0.25) is 0 Å². The van der Waals surface area contributed by atoms with Gasteiger partial charge in [0.1, 0.15) is 11.6 Å². The Morgan fingerprint density at radius 1 is 1.58 bits per heavy atom. The van der Waals surface area contributed by atoms with E-state index in [-0.39, 0.29) is 17.1 Å². The van der Waals surface area contributed by atoms with Crippen molar-refractivity contribution in [3.63, 3.8) is 0 Å². The summed E-state index contributed by atoms with van der Waals surface area (Å²) in [7, 11) is 0. The molecular formula is C12H10N4O2S. The molecule has 0 atom stereocenters. The molecule has 0 saturated heterocycles. The summed E-state index contributed by atoms with van der Waals surface area (Å²) < 4.78 is 0. The Morgan fingerprint density at radius 3 is 2.95 bits per heavy atom. The largest absolute Gasteiger partial charge is 0.359 e. The number of nitriles is 1. The third-order valence-corrected chi connectivity index (χ3v) is 3.63. The molecule has 2 aromatic heterocycles. The number of nitrogens with one attached hydrogen (secondary N) is 1. The second-order valence-electron chi connectivity index (χ2n) is 3.80. The Balaban J connectivity index is 2.28. The number of rotatable bonds is 4. The Hall–Kier alpha value is -2.46. The zero-order valence-electron chi connectivity index (χ0n) is 10.1. The standard InChI is InChI=1S/C12H10N4O2S/c1-8-3-5-19-10(8)7-15-12-11(16(17)18)9(6-13)2-4-14-12/h2-5H,7H2,1H3,(H,14,15). The van der Waals surface area contributed by atoms with Crippen LogP contribution in [0.15, 0.2) is 23.7 Å². The van der Waals surface area contributed by atoms with Crippen molar-refractivity contribution in [2.75, 3.05) is 5.32 Å². The molecule has 19 heavy (non-hydrogen) atoms. The zero-order chi connectivity index (χ0) is 13.8. The third kappa shape index (κ3) is 2.69. The van der Waals surface area contributed by atoms with Gasteiger partial charge < -0.3 is 5.32 Å². The van der Waals surface area contributed by atoms with Crippen LogP contribution in [0.25, 0.3) is 0 Å². The molecule has 6 nitrogen and oxygen atoms in total. The van der Waals surface area contributed by atoms with Crippen molar-refractivity contribution >= 4 is 22.8 Å². The van der Waals surface area contributed by atoms with Crippen molar-refractivity contribution < 1.29 is 4.92 Å². The SMILES string of the molecule is Cc1ccsc1CNc1nccc(C#N)c1[N+](=O)[O-]. The summed E-state index contributed by atoms with van der Waals surface area (Å²) >= 11 is 1.57. The Bertz CT molecular complexity index is 660. The molecule has 7 heteroatoms. The van der Waals surface area contributed by atoms with E-state index in [0.29, 0.717) is 6.54 Å². The minimum absolute atomic E-state index is 0.00500. The van der Waals surface area contributed by atoms with Crippen molar-refractivity contribution in [3.05, 3.63) is 49.8 Å². The lowest BCUT2D eigenvalue weighted by atomic mass is 10.2. The van der Waals surface area contributed by atoms with E-state index in [4.69, 9.17) is 5.26 Å². The number of anilines is 1. The molecule has 0 aliphatic heterocycles. The molecule has 0 unspecified atom stereocenters. The summed E-state index contributed by atoms with van der Waals surface area (Å²) in [4.78, 5) is 15.4. The molecule has 0 amide bonds. The maximum atomic E-state index is 11.0. The number of hydrogen-bond acceptors (Lipinski definition) is 6. The van der Waals surface area contributed by atoms with Crippen molar-refractivity contribution in [2.45, 2.75) is 13.5 Å². The first kappa shape index (κ1) is 13.0. The number of aromatic nitrogens is 1. The van der Waals surface area contributed by atoms with Crippen molar-refractivity contribution in [2.24, 2.45) is 0 Å². The molecule has 1 N–H and O–H groups in total. The number of thiophene rings is 1. The predicted molar refractivity (Wildman–Crippen MR) is 72.0 cm³/mol. The third-order valence-electron chi connectivity index (χ3n) is 2.61. The highest BCUT2D eigenvalue weighted by atomic mass is 32.1. The smallest absolute Gasteiger partial charge is 0.328 e. The second kappa shape index (κ2) is 5.46. The fourth-order valence-electron chi connectivity index (χ4n) is 1.61. The number of nitrogens with zero attached hydrogens (tertiary/aromatic N) is 3. The molecule has 2 rings (SSSR count). The number of nitro groups is 1. The summed E-state index contributed by atoms with van der Waals surface area (Å²) in [6.07, 6.45) is 1.38. The maximum Gasteiger partial charge on any atom is 0.328 e. The Morgan fingerprint density at radius 2 is 2.37 bits per heavy atom. The van der Waals surface area contributed by atoms with E-state index in [1.165, 1.54) is 12.3 Å². The van der Waals surface area contributed by atoms with Gasteiger partial charge in [0, 0.05) is 11.1 Å². The zero-order valence-corrected chi connectivity index (χ0v) is 10.9. The lowest BCUT2D eigenvalue weighted by Crippen LogP contribution is -2.05. The minimum Gasteiger partial charge on any atom is -0.359 e. The van der Waals surface area contributed by atoms with Gasteiger partial charge in [-0.15, -0.1) is 11.3 Å². The van der Waals surface area contributed by atoms with Crippen LogP contribution in [-0.4, -0.2) is 9.91 Å². The first-order chi connectivity index (χ1) is 9.13. The minimum atomic E-state index is -0.588. The molecule has 0 saturated carbocycles. The highest BCUT2D eigenvalue weighted by molar-refractivity contribution is 7.10. The van der Waals surface area contributed by atoms with Crippen molar-refractivity contribution in [1.82, 2.24) is 4.98 Å². The van der Waals surface area contributed by atoms with E-state index in [2.05, 4.69) is 10.3 Å². The number of aryl methyl sites for hydroxylation is 1. The van der Waals surface area contributed by atoms with Gasteiger partial charge in [0.25, 0.3) is 0 Å². The molecule has 0 aliphatic rings. The van der Waals surface area contributed by atoms with Crippen LogP contribution < -0.4 is 5.32 Å². The van der Waals surface area contributed by atoms with E-state index in [1.54, 1.807) is 17.4 Å². The van der Waals surface area contributed by atoms with Gasteiger partial charge in [-0.3, -0.25) is 10.1 Å². The topological polar surface area (TPSA) is 91.8 Å². The normalized spacial score (nSPS) is 9.89. The van der Waals surface area contributed by atoms with Gasteiger partial charge >= 0.3 is 5.69 Å². The molecule has 0 aliphatic carbocycles. The Labute approximate surface area is 113 Å². The summed E-state index contributed by atoms with van der Waals surface area (Å²) in [6.45, 7) is 2.42. The summed E-state index contributed by atoms with van der Waals surface area (Å²) in [6, 6.07) is 5.12. The van der Waals surface area contributed by atoms with Gasteiger partial charge in [0.15, 0.2) is 0 Å². The van der Waals surface area contributed by atoms with Crippen LogP contribution in [0.5, 0.6) is 0 Å². The van der Waals surface area contributed by atoms with Crippen molar-refractivity contribution in [1.29, 1.82) is 5.26 Å². The van der Waals surface area contributed by atoms with Gasteiger partial charge in [0.2, 0.25) is 5.82 Å². The molecule has 0 radical (unpaired) electrons. The van der Waals surface area contributed by atoms with E-state index in [0.717, 1.165) is 10.4 Å². The highest BCUT2D eigenvalue weighted by Crippen LogP contribution is 2.26. The summed E-state index contributed by atoms with van der Waals surface area (Å²) in [5, 5.41) is 24.8. The lowest BCUT2D eigenvalue weighted by molar-refractivity contribution is -0.384. The van der Waals surface area contributed by atoms with E-state index in [9.17, 15) is 10.1 Å². The van der Waals surface area contributed by atoms with Crippen LogP contribution in [0.3, 0.4) is 0 Å². The fourth-order valence-corrected chi connectivity index (χ4v) is 2.45.